The van der Waals surface area contributed by atoms with Gasteiger partial charge in [-0.1, -0.05) is 41.8 Å². The molecule has 0 bridgehead atoms. The Morgan fingerprint density at radius 2 is 2.04 bits per heavy atom. The lowest BCUT2D eigenvalue weighted by atomic mass is 10.2. The molecule has 0 atom stereocenters. The van der Waals surface area contributed by atoms with Crippen LogP contribution in [0.3, 0.4) is 0 Å². The zero-order chi connectivity index (χ0) is 17.1. The summed E-state index contributed by atoms with van der Waals surface area (Å²) in [5.41, 5.74) is 1.18. The van der Waals surface area contributed by atoms with Gasteiger partial charge in [-0.3, -0.25) is 10.1 Å². The SMILES string of the molecule is CCSc1nnc(NC(=O)CSc2ncnc3sc(C)c(C)c23)s1. The number of rotatable bonds is 6. The third kappa shape index (κ3) is 3.88. The van der Waals surface area contributed by atoms with E-state index in [1.807, 2.05) is 0 Å². The van der Waals surface area contributed by atoms with Crippen molar-refractivity contribution in [3.63, 3.8) is 0 Å². The second-order valence-corrected chi connectivity index (χ2v) is 9.44. The Labute approximate surface area is 155 Å². The number of hydrogen-bond donors (Lipinski definition) is 1. The van der Waals surface area contributed by atoms with Gasteiger partial charge in [-0.2, -0.15) is 0 Å². The summed E-state index contributed by atoms with van der Waals surface area (Å²) in [6, 6.07) is 0. The van der Waals surface area contributed by atoms with E-state index in [4.69, 9.17) is 0 Å². The predicted molar refractivity (Wildman–Crippen MR) is 103 cm³/mol. The van der Waals surface area contributed by atoms with E-state index < -0.39 is 0 Å². The summed E-state index contributed by atoms with van der Waals surface area (Å²) < 4.78 is 0.863. The van der Waals surface area contributed by atoms with Gasteiger partial charge in [0.2, 0.25) is 11.0 Å². The molecule has 6 nitrogen and oxygen atoms in total. The molecule has 0 unspecified atom stereocenters. The largest absolute Gasteiger partial charge is 0.300 e. The van der Waals surface area contributed by atoms with Crippen LogP contribution < -0.4 is 5.32 Å². The van der Waals surface area contributed by atoms with Crippen LogP contribution in [-0.4, -0.2) is 37.6 Å². The van der Waals surface area contributed by atoms with Crippen molar-refractivity contribution in [1.82, 2.24) is 20.2 Å². The summed E-state index contributed by atoms with van der Waals surface area (Å²) in [5.74, 6) is 1.10. The molecule has 0 saturated carbocycles. The second kappa shape index (κ2) is 7.77. The molecular formula is C14H15N5OS4. The van der Waals surface area contributed by atoms with Gasteiger partial charge < -0.3 is 0 Å². The van der Waals surface area contributed by atoms with Crippen LogP contribution in [0.15, 0.2) is 15.7 Å². The molecule has 0 spiro atoms. The topological polar surface area (TPSA) is 80.7 Å². The van der Waals surface area contributed by atoms with Crippen LogP contribution in [-0.2, 0) is 4.79 Å². The van der Waals surface area contributed by atoms with Gasteiger partial charge in [0.25, 0.3) is 0 Å². The van der Waals surface area contributed by atoms with Crippen LogP contribution >= 0.6 is 46.2 Å². The van der Waals surface area contributed by atoms with Crippen LogP contribution in [0.2, 0.25) is 0 Å². The van der Waals surface area contributed by atoms with Crippen molar-refractivity contribution in [2.75, 3.05) is 16.8 Å². The Bertz CT molecular complexity index is 875. The van der Waals surface area contributed by atoms with E-state index in [1.54, 1.807) is 29.4 Å². The lowest BCUT2D eigenvalue weighted by Crippen LogP contribution is -2.14. The predicted octanol–water partition coefficient (Wildman–Crippen LogP) is 4.00. The fourth-order valence-corrected chi connectivity index (χ4v) is 5.57. The first-order chi connectivity index (χ1) is 11.6. The van der Waals surface area contributed by atoms with Crippen molar-refractivity contribution in [3.05, 3.63) is 16.8 Å². The molecule has 3 aromatic heterocycles. The maximum absolute atomic E-state index is 12.1. The van der Waals surface area contributed by atoms with Gasteiger partial charge in [-0.15, -0.1) is 21.5 Å². The number of fused-ring (bicyclic) bond motifs is 1. The highest BCUT2D eigenvalue weighted by atomic mass is 32.2. The first-order valence-electron chi connectivity index (χ1n) is 7.18. The van der Waals surface area contributed by atoms with Crippen LogP contribution in [0, 0.1) is 13.8 Å². The lowest BCUT2D eigenvalue weighted by Gasteiger charge is -2.03. The van der Waals surface area contributed by atoms with Crippen LogP contribution in [0.25, 0.3) is 10.2 Å². The molecule has 1 N–H and O–H groups in total. The Morgan fingerprint density at radius 3 is 2.83 bits per heavy atom. The van der Waals surface area contributed by atoms with Crippen molar-refractivity contribution in [2.24, 2.45) is 0 Å². The average molecular weight is 398 g/mol. The molecule has 1 amide bonds. The van der Waals surface area contributed by atoms with Crippen molar-refractivity contribution in [3.8, 4) is 0 Å². The van der Waals surface area contributed by atoms with E-state index in [-0.39, 0.29) is 11.7 Å². The summed E-state index contributed by atoms with van der Waals surface area (Å²) in [6.45, 7) is 6.19. The fraction of sp³-hybridized carbons (Fsp3) is 0.357. The Morgan fingerprint density at radius 1 is 1.21 bits per heavy atom. The van der Waals surface area contributed by atoms with Gasteiger partial charge >= 0.3 is 0 Å². The van der Waals surface area contributed by atoms with Gasteiger partial charge in [-0.25, -0.2) is 9.97 Å². The minimum absolute atomic E-state index is 0.111. The van der Waals surface area contributed by atoms with Crippen molar-refractivity contribution >= 4 is 67.5 Å². The van der Waals surface area contributed by atoms with Crippen LogP contribution in [0.1, 0.15) is 17.4 Å². The normalized spacial score (nSPS) is 11.1. The molecule has 126 valence electrons. The number of carbonyl (C=O) groups is 1. The number of nitrogens with zero attached hydrogens (tertiary/aromatic N) is 4. The second-order valence-electron chi connectivity index (χ2n) is 4.79. The molecule has 0 saturated heterocycles. The summed E-state index contributed by atoms with van der Waals surface area (Å²) in [5, 5.41) is 13.2. The minimum atomic E-state index is -0.111. The van der Waals surface area contributed by atoms with Crippen LogP contribution in [0.5, 0.6) is 0 Å². The smallest absolute Gasteiger partial charge is 0.236 e. The number of amides is 1. The van der Waals surface area contributed by atoms with E-state index in [9.17, 15) is 4.79 Å². The number of thioether (sulfide) groups is 2. The van der Waals surface area contributed by atoms with Gasteiger partial charge in [0.1, 0.15) is 16.2 Å². The monoisotopic (exact) mass is 397 g/mol. The third-order valence-corrected chi connectivity index (χ3v) is 7.15. The number of nitrogens with one attached hydrogen (secondary N) is 1. The minimum Gasteiger partial charge on any atom is -0.300 e. The molecular weight excluding hydrogens is 382 g/mol. The first kappa shape index (κ1) is 17.6. The Hall–Kier alpha value is -1.23. The molecule has 10 heteroatoms. The molecule has 0 aromatic carbocycles. The van der Waals surface area contributed by atoms with Crippen LogP contribution in [0.4, 0.5) is 5.13 Å². The van der Waals surface area contributed by atoms with E-state index >= 15 is 0 Å². The molecule has 24 heavy (non-hydrogen) atoms. The summed E-state index contributed by atoms with van der Waals surface area (Å²) in [6.07, 6.45) is 1.55. The average Bonchev–Trinajstić information content (AvgIpc) is 3.11. The Kier molecular flexibility index (Phi) is 5.69. The zero-order valence-corrected chi connectivity index (χ0v) is 16.6. The van der Waals surface area contributed by atoms with Gasteiger partial charge in [-0.05, 0) is 25.2 Å². The molecule has 0 fully saturated rings. The van der Waals surface area contributed by atoms with E-state index in [1.165, 1.54) is 33.5 Å². The van der Waals surface area contributed by atoms with Crippen molar-refractivity contribution in [2.45, 2.75) is 30.1 Å². The molecule has 3 aromatic rings. The third-order valence-electron chi connectivity index (χ3n) is 3.19. The summed E-state index contributed by atoms with van der Waals surface area (Å²) in [4.78, 5) is 23.0. The van der Waals surface area contributed by atoms with Crippen molar-refractivity contribution in [1.29, 1.82) is 0 Å². The quantitative estimate of drug-likeness (QED) is 0.382. The van der Waals surface area contributed by atoms with Gasteiger partial charge in [0.05, 0.1) is 5.75 Å². The zero-order valence-electron chi connectivity index (χ0n) is 13.3. The highest BCUT2D eigenvalue weighted by molar-refractivity contribution is 8.01. The number of anilines is 1. The summed E-state index contributed by atoms with van der Waals surface area (Å²) in [7, 11) is 0. The molecule has 0 aliphatic heterocycles. The Balaban J connectivity index is 1.66. The number of carbonyl (C=O) groups excluding carboxylic acids is 1. The van der Waals surface area contributed by atoms with E-state index in [0.717, 1.165) is 25.3 Å². The number of aromatic nitrogens is 4. The standard InChI is InChI=1S/C14H15N5OS4/c1-4-21-14-19-18-13(24-14)17-9(20)5-22-11-10-7(2)8(3)23-12(10)16-6-15-11/h6H,4-5H2,1-3H3,(H,17,18,20). The number of thiophene rings is 1. The molecule has 3 heterocycles. The van der Waals surface area contributed by atoms with E-state index in [2.05, 4.69) is 46.3 Å². The maximum atomic E-state index is 12.1. The maximum Gasteiger partial charge on any atom is 0.236 e. The van der Waals surface area contributed by atoms with E-state index in [0.29, 0.717) is 5.13 Å². The highest BCUT2D eigenvalue weighted by Gasteiger charge is 2.14. The first-order valence-corrected chi connectivity index (χ1v) is 10.8. The fourth-order valence-electron chi connectivity index (χ4n) is 1.99. The van der Waals surface area contributed by atoms with Gasteiger partial charge in [0, 0.05) is 10.3 Å². The number of hydrogen-bond acceptors (Lipinski definition) is 9. The number of aryl methyl sites for hydroxylation is 2. The molecule has 0 aliphatic carbocycles. The lowest BCUT2D eigenvalue weighted by molar-refractivity contribution is -0.113. The molecule has 3 rings (SSSR count). The van der Waals surface area contributed by atoms with Crippen molar-refractivity contribution < 1.29 is 4.79 Å². The highest BCUT2D eigenvalue weighted by Crippen LogP contribution is 2.34. The molecule has 0 aliphatic rings. The molecule has 0 radical (unpaired) electrons. The van der Waals surface area contributed by atoms with Gasteiger partial charge in [0.15, 0.2) is 4.34 Å². The summed E-state index contributed by atoms with van der Waals surface area (Å²) >= 11 is 6.07.